The van der Waals surface area contributed by atoms with Crippen LogP contribution in [-0.2, 0) is 4.74 Å². The molecule has 1 N–H and O–H groups in total. The number of carbonyl (C=O) groups is 1. The number of benzene rings is 1. The predicted octanol–water partition coefficient (Wildman–Crippen LogP) is 1.86. The maximum Gasteiger partial charge on any atom is 0.338 e. The lowest BCUT2D eigenvalue weighted by atomic mass is 10.2. The van der Waals surface area contributed by atoms with E-state index in [2.05, 4.69) is 0 Å². The molecule has 0 aliphatic carbocycles. The van der Waals surface area contributed by atoms with E-state index in [1.807, 2.05) is 25.1 Å². The molecule has 0 fully saturated rings. The third-order valence-corrected chi connectivity index (χ3v) is 1.45. The van der Waals surface area contributed by atoms with Gasteiger partial charge in [-0.2, -0.15) is 0 Å². The van der Waals surface area contributed by atoms with Crippen molar-refractivity contribution in [2.75, 3.05) is 13.7 Å². The molecule has 1 aromatic carbocycles. The standard InChI is InChI=1S/C10H12O2.CH4O/c1-2-8-12-10(11)9-6-4-3-5-7-9;1-2/h3-7H,2,8H2,1H3;2H,1H3. The molecule has 0 bridgehead atoms. The number of esters is 1. The maximum atomic E-state index is 11.2. The Morgan fingerprint density at radius 3 is 2.36 bits per heavy atom. The molecular formula is C11H16O3. The van der Waals surface area contributed by atoms with Gasteiger partial charge in [-0.15, -0.1) is 0 Å². The molecule has 3 heteroatoms. The molecular weight excluding hydrogens is 180 g/mol. The summed E-state index contributed by atoms with van der Waals surface area (Å²) in [5.74, 6) is -0.238. The van der Waals surface area contributed by atoms with Crippen LogP contribution in [0.1, 0.15) is 23.7 Å². The molecule has 78 valence electrons. The van der Waals surface area contributed by atoms with E-state index < -0.39 is 0 Å². The first kappa shape index (κ1) is 12.7. The van der Waals surface area contributed by atoms with E-state index in [1.165, 1.54) is 0 Å². The van der Waals surface area contributed by atoms with E-state index in [1.54, 1.807) is 12.1 Å². The fourth-order valence-corrected chi connectivity index (χ4v) is 0.852. The zero-order valence-corrected chi connectivity index (χ0v) is 8.56. The molecule has 1 aromatic rings. The van der Waals surface area contributed by atoms with E-state index in [0.29, 0.717) is 12.2 Å². The second-order valence-corrected chi connectivity index (χ2v) is 2.50. The van der Waals surface area contributed by atoms with Crippen LogP contribution in [0.15, 0.2) is 30.3 Å². The van der Waals surface area contributed by atoms with Crippen LogP contribution in [0.5, 0.6) is 0 Å². The van der Waals surface area contributed by atoms with Crippen molar-refractivity contribution in [2.45, 2.75) is 13.3 Å². The highest BCUT2D eigenvalue weighted by Gasteiger charge is 2.03. The van der Waals surface area contributed by atoms with Crippen LogP contribution in [0.4, 0.5) is 0 Å². The number of carbonyl (C=O) groups excluding carboxylic acids is 1. The minimum absolute atomic E-state index is 0.238. The number of hydrogen-bond donors (Lipinski definition) is 1. The van der Waals surface area contributed by atoms with E-state index in [-0.39, 0.29) is 5.97 Å². The summed E-state index contributed by atoms with van der Waals surface area (Å²) in [6.45, 7) is 2.46. The van der Waals surface area contributed by atoms with Crippen molar-refractivity contribution in [3.8, 4) is 0 Å². The van der Waals surface area contributed by atoms with Crippen LogP contribution in [0.3, 0.4) is 0 Å². The molecule has 0 heterocycles. The highest BCUT2D eigenvalue weighted by molar-refractivity contribution is 5.89. The van der Waals surface area contributed by atoms with E-state index in [0.717, 1.165) is 13.5 Å². The lowest BCUT2D eigenvalue weighted by Crippen LogP contribution is -2.05. The summed E-state index contributed by atoms with van der Waals surface area (Å²) in [4.78, 5) is 11.2. The SMILES string of the molecule is CCCOC(=O)c1ccccc1.CO. The van der Waals surface area contributed by atoms with Gasteiger partial charge in [-0.3, -0.25) is 0 Å². The number of hydrogen-bond acceptors (Lipinski definition) is 3. The summed E-state index contributed by atoms with van der Waals surface area (Å²) in [5.41, 5.74) is 0.617. The first-order chi connectivity index (χ1) is 6.84. The smallest absolute Gasteiger partial charge is 0.338 e. The quantitative estimate of drug-likeness (QED) is 0.750. The van der Waals surface area contributed by atoms with Gasteiger partial charge >= 0.3 is 5.97 Å². The molecule has 14 heavy (non-hydrogen) atoms. The topological polar surface area (TPSA) is 46.5 Å². The van der Waals surface area contributed by atoms with Crippen LogP contribution in [0.2, 0.25) is 0 Å². The van der Waals surface area contributed by atoms with Crippen LogP contribution >= 0.6 is 0 Å². The number of ether oxygens (including phenoxy) is 1. The molecule has 3 nitrogen and oxygen atoms in total. The van der Waals surface area contributed by atoms with Crippen molar-refractivity contribution >= 4 is 5.97 Å². The molecule has 0 aliphatic heterocycles. The first-order valence-corrected chi connectivity index (χ1v) is 4.51. The van der Waals surface area contributed by atoms with Gasteiger partial charge in [-0.25, -0.2) is 4.79 Å². The Labute approximate surface area is 84.3 Å². The van der Waals surface area contributed by atoms with Crippen molar-refractivity contribution < 1.29 is 14.6 Å². The van der Waals surface area contributed by atoms with Gasteiger partial charge in [0.15, 0.2) is 0 Å². The lowest BCUT2D eigenvalue weighted by Gasteiger charge is -2.01. The average molecular weight is 196 g/mol. The normalized spacial score (nSPS) is 8.50. The van der Waals surface area contributed by atoms with Crippen molar-refractivity contribution in [2.24, 2.45) is 0 Å². The lowest BCUT2D eigenvalue weighted by molar-refractivity contribution is 0.0505. The van der Waals surface area contributed by atoms with Crippen molar-refractivity contribution in [3.63, 3.8) is 0 Å². The van der Waals surface area contributed by atoms with Gasteiger partial charge in [0, 0.05) is 7.11 Å². The molecule has 0 saturated carbocycles. The fraction of sp³-hybridized carbons (Fsp3) is 0.364. The molecule has 0 aliphatic rings. The highest BCUT2D eigenvalue weighted by Crippen LogP contribution is 2.00. The first-order valence-electron chi connectivity index (χ1n) is 4.51. The monoisotopic (exact) mass is 196 g/mol. The number of aliphatic hydroxyl groups is 1. The Morgan fingerprint density at radius 1 is 1.29 bits per heavy atom. The molecule has 0 amide bonds. The van der Waals surface area contributed by atoms with Crippen molar-refractivity contribution in [3.05, 3.63) is 35.9 Å². The second-order valence-electron chi connectivity index (χ2n) is 2.50. The third-order valence-electron chi connectivity index (χ3n) is 1.45. The van der Waals surface area contributed by atoms with Gasteiger partial charge in [0.2, 0.25) is 0 Å². The highest BCUT2D eigenvalue weighted by atomic mass is 16.5. The number of aliphatic hydroxyl groups excluding tert-OH is 1. The average Bonchev–Trinajstić information content (AvgIpc) is 2.30. The maximum absolute atomic E-state index is 11.2. The van der Waals surface area contributed by atoms with E-state index in [4.69, 9.17) is 9.84 Å². The van der Waals surface area contributed by atoms with Gasteiger partial charge < -0.3 is 9.84 Å². The fourth-order valence-electron chi connectivity index (χ4n) is 0.852. The molecule has 0 radical (unpaired) electrons. The summed E-state index contributed by atoms with van der Waals surface area (Å²) in [6.07, 6.45) is 0.860. The van der Waals surface area contributed by atoms with Gasteiger partial charge in [-0.05, 0) is 18.6 Å². The molecule has 0 atom stereocenters. The summed E-state index contributed by atoms with van der Waals surface area (Å²) in [6, 6.07) is 9.01. The summed E-state index contributed by atoms with van der Waals surface area (Å²) < 4.78 is 4.94. The van der Waals surface area contributed by atoms with Gasteiger partial charge in [0.25, 0.3) is 0 Å². The van der Waals surface area contributed by atoms with E-state index in [9.17, 15) is 4.79 Å². The minimum atomic E-state index is -0.238. The molecule has 1 rings (SSSR count). The van der Waals surface area contributed by atoms with Crippen molar-refractivity contribution in [1.29, 1.82) is 0 Å². The summed E-state index contributed by atoms with van der Waals surface area (Å²) in [7, 11) is 1.00. The molecule has 0 spiro atoms. The molecule has 0 unspecified atom stereocenters. The summed E-state index contributed by atoms with van der Waals surface area (Å²) in [5, 5.41) is 7.00. The molecule has 0 aromatic heterocycles. The van der Waals surface area contributed by atoms with Crippen LogP contribution in [0.25, 0.3) is 0 Å². The number of rotatable bonds is 3. The van der Waals surface area contributed by atoms with Gasteiger partial charge in [0.1, 0.15) is 0 Å². The largest absolute Gasteiger partial charge is 0.462 e. The zero-order chi connectivity index (χ0) is 10.8. The Kier molecular flexibility index (Phi) is 7.46. The second kappa shape index (κ2) is 8.26. The summed E-state index contributed by atoms with van der Waals surface area (Å²) >= 11 is 0. The van der Waals surface area contributed by atoms with Crippen LogP contribution in [0, 0.1) is 0 Å². The van der Waals surface area contributed by atoms with Gasteiger partial charge in [-0.1, -0.05) is 25.1 Å². The third kappa shape index (κ3) is 4.62. The van der Waals surface area contributed by atoms with Crippen LogP contribution in [-0.4, -0.2) is 24.8 Å². The minimum Gasteiger partial charge on any atom is -0.462 e. The molecule has 0 saturated heterocycles. The Balaban J connectivity index is 0.000000791. The predicted molar refractivity (Wildman–Crippen MR) is 55.2 cm³/mol. The zero-order valence-electron chi connectivity index (χ0n) is 8.56. The Bertz CT molecular complexity index is 244. The van der Waals surface area contributed by atoms with Crippen molar-refractivity contribution in [1.82, 2.24) is 0 Å². The van der Waals surface area contributed by atoms with Gasteiger partial charge in [0.05, 0.1) is 12.2 Å². The Hall–Kier alpha value is -1.35. The Morgan fingerprint density at radius 2 is 1.86 bits per heavy atom. The van der Waals surface area contributed by atoms with E-state index >= 15 is 0 Å². The van der Waals surface area contributed by atoms with Crippen LogP contribution < -0.4 is 0 Å².